The smallest absolute Gasteiger partial charge is 0.378 e. The molecule has 1 aromatic heterocycles. The highest BCUT2D eigenvalue weighted by molar-refractivity contribution is 7.89. The summed E-state index contributed by atoms with van der Waals surface area (Å²) >= 11 is 0. The van der Waals surface area contributed by atoms with E-state index >= 15 is 0 Å². The van der Waals surface area contributed by atoms with Gasteiger partial charge in [-0.15, -0.1) is 9.24 Å². The van der Waals surface area contributed by atoms with E-state index in [0.717, 1.165) is 12.1 Å². The number of benzene rings is 2. The molecule has 0 saturated heterocycles. The molecule has 2 atom stereocenters. The second-order valence-corrected chi connectivity index (χ2v) is 9.82. The molecule has 11 heteroatoms. The number of rotatable bonds is 7. The number of aryl methyl sites for hydroxylation is 1. The molecule has 1 heterocycles. The van der Waals surface area contributed by atoms with Crippen LogP contribution in [0.4, 0.5) is 18.9 Å². The third kappa shape index (κ3) is 5.14. The Morgan fingerprint density at radius 2 is 1.94 bits per heavy atom. The highest BCUT2D eigenvalue weighted by Gasteiger charge is 2.31. The van der Waals surface area contributed by atoms with E-state index < -0.39 is 27.8 Å². The van der Waals surface area contributed by atoms with Crippen molar-refractivity contribution in [1.29, 1.82) is 0 Å². The Balaban J connectivity index is 2.03. The van der Waals surface area contributed by atoms with Gasteiger partial charge in [0.1, 0.15) is 0 Å². The van der Waals surface area contributed by atoms with E-state index in [4.69, 9.17) is 0 Å². The minimum atomic E-state index is -4.44. The van der Waals surface area contributed by atoms with Gasteiger partial charge >= 0.3 is 6.18 Å². The van der Waals surface area contributed by atoms with Crippen LogP contribution in [0.1, 0.15) is 24.1 Å². The van der Waals surface area contributed by atoms with Crippen molar-refractivity contribution in [2.45, 2.75) is 24.0 Å². The third-order valence-electron chi connectivity index (χ3n) is 5.02. The summed E-state index contributed by atoms with van der Waals surface area (Å²) in [5.74, 6) is 0. The molecular weight excluding hydrogens is 460 g/mol. The van der Waals surface area contributed by atoms with Gasteiger partial charge in [0.25, 0.3) is 0 Å². The first-order valence-electron chi connectivity index (χ1n) is 9.66. The maximum atomic E-state index is 13.1. The average Bonchev–Trinajstić information content (AvgIpc) is 3.18. The summed E-state index contributed by atoms with van der Waals surface area (Å²) in [6.07, 6.45) is -0.876. The summed E-state index contributed by atoms with van der Waals surface area (Å²) in [7, 11) is 1.92. The van der Waals surface area contributed by atoms with Gasteiger partial charge in [0, 0.05) is 43.9 Å². The summed E-state index contributed by atoms with van der Waals surface area (Å²) in [4.78, 5) is 4.42. The molecule has 0 aliphatic carbocycles. The maximum absolute atomic E-state index is 13.1. The van der Waals surface area contributed by atoms with Crippen molar-refractivity contribution < 1.29 is 21.6 Å². The van der Waals surface area contributed by atoms with E-state index in [9.17, 15) is 21.6 Å². The summed E-state index contributed by atoms with van der Waals surface area (Å²) in [6, 6.07) is 9.23. The van der Waals surface area contributed by atoms with Gasteiger partial charge in [-0.1, -0.05) is 12.1 Å². The van der Waals surface area contributed by atoms with E-state index in [2.05, 4.69) is 19.5 Å². The predicted octanol–water partition coefficient (Wildman–Crippen LogP) is 4.73. The van der Waals surface area contributed by atoms with Crippen molar-refractivity contribution in [2.75, 3.05) is 18.7 Å². The first-order chi connectivity index (χ1) is 14.9. The Morgan fingerprint density at radius 1 is 1.22 bits per heavy atom. The lowest BCUT2D eigenvalue weighted by Gasteiger charge is -2.21. The van der Waals surface area contributed by atoms with Crippen LogP contribution in [-0.4, -0.2) is 35.6 Å². The molecule has 32 heavy (non-hydrogen) atoms. The van der Waals surface area contributed by atoms with Gasteiger partial charge in [-0.2, -0.15) is 17.5 Å². The number of hydrogen-bond acceptors (Lipinski definition) is 4. The quantitative estimate of drug-likeness (QED) is 0.493. The van der Waals surface area contributed by atoms with Gasteiger partial charge in [-0.3, -0.25) is 0 Å². The lowest BCUT2D eigenvalue weighted by molar-refractivity contribution is -0.137. The summed E-state index contributed by atoms with van der Waals surface area (Å²) in [6.45, 7) is 1.74. The topological polar surface area (TPSA) is 67.2 Å². The molecule has 3 rings (SSSR count). The van der Waals surface area contributed by atoms with Crippen molar-refractivity contribution in [3.05, 3.63) is 66.1 Å². The Morgan fingerprint density at radius 3 is 2.53 bits per heavy atom. The number of imidazole rings is 1. The molecule has 0 spiro atoms. The van der Waals surface area contributed by atoms with Crippen LogP contribution in [0.2, 0.25) is 0 Å². The molecule has 6 nitrogen and oxygen atoms in total. The standard InChI is InChI=1S/C21H24F3N4O2PS/c1-14(15-5-4-6-16(9-15)21(22,23)24)26-19-8-7-17(32(29,30)28(3)13-31)10-18(19)20-11-27(2)12-25-20/h4-12,14,26H,13,31H2,1-3H3/t14-/m1/s1. The molecular formula is C21H24F3N4O2PS. The summed E-state index contributed by atoms with van der Waals surface area (Å²) < 4.78 is 67.8. The molecule has 2 aromatic carbocycles. The van der Waals surface area contributed by atoms with Crippen molar-refractivity contribution in [1.82, 2.24) is 13.9 Å². The fourth-order valence-electron chi connectivity index (χ4n) is 3.15. The van der Waals surface area contributed by atoms with Crippen LogP contribution >= 0.6 is 9.24 Å². The van der Waals surface area contributed by atoms with Crippen molar-refractivity contribution in [2.24, 2.45) is 7.05 Å². The highest BCUT2D eigenvalue weighted by Crippen LogP contribution is 2.34. The van der Waals surface area contributed by atoms with Gasteiger partial charge in [0.15, 0.2) is 0 Å². The third-order valence-corrected chi connectivity index (χ3v) is 7.65. The van der Waals surface area contributed by atoms with Gasteiger partial charge in [-0.05, 0) is 42.8 Å². The fraction of sp³-hybridized carbons (Fsp3) is 0.286. The van der Waals surface area contributed by atoms with E-state index in [1.54, 1.807) is 43.2 Å². The molecule has 0 amide bonds. The van der Waals surface area contributed by atoms with Crippen molar-refractivity contribution >= 4 is 25.0 Å². The molecule has 0 fully saturated rings. The second-order valence-electron chi connectivity index (χ2n) is 7.41. The van der Waals surface area contributed by atoms with Gasteiger partial charge in [-0.25, -0.2) is 13.4 Å². The normalized spacial score (nSPS) is 13.4. The Kier molecular flexibility index (Phi) is 6.97. The molecule has 172 valence electrons. The van der Waals surface area contributed by atoms with Crippen LogP contribution in [0.3, 0.4) is 0 Å². The van der Waals surface area contributed by atoms with E-state index in [1.165, 1.54) is 29.6 Å². The SMILES string of the molecule is C[C@@H](Nc1ccc(S(=O)(=O)N(C)CP)cc1-c1cn(C)cn1)c1cccc(C(F)(F)F)c1. The van der Waals surface area contributed by atoms with Crippen LogP contribution in [0, 0.1) is 0 Å². The molecule has 3 aromatic rings. The number of nitrogens with zero attached hydrogens (tertiary/aromatic N) is 3. The lowest BCUT2D eigenvalue weighted by atomic mass is 10.0. The Hall–Kier alpha value is -2.42. The molecule has 0 saturated carbocycles. The predicted molar refractivity (Wildman–Crippen MR) is 122 cm³/mol. The number of aromatic nitrogens is 2. The van der Waals surface area contributed by atoms with Crippen molar-refractivity contribution in [3.63, 3.8) is 0 Å². The summed E-state index contributed by atoms with van der Waals surface area (Å²) in [5.41, 5.74) is 1.35. The molecule has 1 unspecified atom stereocenters. The van der Waals surface area contributed by atoms with Crippen LogP contribution in [0.15, 0.2) is 59.9 Å². The first kappa shape index (κ1) is 24.2. The van der Waals surface area contributed by atoms with Crippen molar-refractivity contribution in [3.8, 4) is 11.3 Å². The van der Waals surface area contributed by atoms with E-state index in [0.29, 0.717) is 22.5 Å². The average molecular weight is 484 g/mol. The first-order valence-corrected chi connectivity index (χ1v) is 11.9. The van der Waals surface area contributed by atoms with Gasteiger partial charge < -0.3 is 9.88 Å². The maximum Gasteiger partial charge on any atom is 0.416 e. The molecule has 0 aliphatic heterocycles. The zero-order valence-corrected chi connectivity index (χ0v) is 19.7. The van der Waals surface area contributed by atoms with Crippen LogP contribution in [-0.2, 0) is 23.2 Å². The lowest BCUT2D eigenvalue weighted by Crippen LogP contribution is -2.25. The monoisotopic (exact) mass is 484 g/mol. The number of nitrogens with one attached hydrogen (secondary N) is 1. The summed E-state index contributed by atoms with van der Waals surface area (Å²) in [5, 5.41) is 3.21. The zero-order valence-electron chi connectivity index (χ0n) is 17.8. The van der Waals surface area contributed by atoms with Crippen LogP contribution < -0.4 is 5.32 Å². The van der Waals surface area contributed by atoms with E-state index in [-0.39, 0.29) is 11.2 Å². The highest BCUT2D eigenvalue weighted by atomic mass is 32.2. The largest absolute Gasteiger partial charge is 0.416 e. The molecule has 0 aliphatic rings. The number of alkyl halides is 3. The van der Waals surface area contributed by atoms with E-state index in [1.807, 2.05) is 0 Å². The minimum Gasteiger partial charge on any atom is -0.378 e. The van der Waals surface area contributed by atoms with Crippen LogP contribution in [0.5, 0.6) is 0 Å². The van der Waals surface area contributed by atoms with Gasteiger partial charge in [0.05, 0.1) is 22.5 Å². The zero-order chi connectivity index (χ0) is 23.7. The van der Waals surface area contributed by atoms with Crippen LogP contribution in [0.25, 0.3) is 11.3 Å². The molecule has 0 bridgehead atoms. The Labute approximate surface area is 187 Å². The fourth-order valence-corrected chi connectivity index (χ4v) is 4.80. The number of anilines is 1. The number of halogens is 3. The van der Waals surface area contributed by atoms with Gasteiger partial charge in [0.2, 0.25) is 10.0 Å². The molecule has 1 N–H and O–H groups in total. The second kappa shape index (κ2) is 9.21. The minimum absolute atomic E-state index is 0.0976. The number of sulfonamides is 1. The Bertz CT molecular complexity index is 1210. The molecule has 0 radical (unpaired) electrons. The number of hydrogen-bond donors (Lipinski definition) is 1.